The van der Waals surface area contributed by atoms with Crippen LogP contribution >= 0.6 is 11.8 Å². The molecule has 108 valence electrons. The van der Waals surface area contributed by atoms with E-state index in [0.717, 1.165) is 36.0 Å². The molecule has 6 nitrogen and oxygen atoms in total. The van der Waals surface area contributed by atoms with Gasteiger partial charge in [0.15, 0.2) is 0 Å². The van der Waals surface area contributed by atoms with Gasteiger partial charge in [0.05, 0.1) is 9.85 Å². The zero-order valence-corrected chi connectivity index (χ0v) is 11.0. The van der Waals surface area contributed by atoms with E-state index < -0.39 is 32.9 Å². The van der Waals surface area contributed by atoms with Gasteiger partial charge in [-0.3, -0.25) is 20.2 Å². The third-order valence-electron chi connectivity index (χ3n) is 2.46. The molecule has 0 N–H and O–H groups in total. The summed E-state index contributed by atoms with van der Waals surface area (Å²) in [5.41, 5.74) is -1.40. The predicted molar refractivity (Wildman–Crippen MR) is 70.2 cm³/mol. The normalized spacial score (nSPS) is 10.4. The van der Waals surface area contributed by atoms with Gasteiger partial charge in [-0.15, -0.1) is 0 Å². The maximum absolute atomic E-state index is 13.2. The number of hydrogen-bond donors (Lipinski definition) is 0. The van der Waals surface area contributed by atoms with Crippen LogP contribution in [0.2, 0.25) is 0 Å². The van der Waals surface area contributed by atoms with Gasteiger partial charge in [-0.1, -0.05) is 11.8 Å². The Labute approximate surface area is 120 Å². The standard InChI is InChI=1S/C12H6F2N2O4S/c13-9-3-1-7(5-11(9)15(17)18)21-8-2-4-10(14)12(6-8)16(19)20/h1-6H. The van der Waals surface area contributed by atoms with Crippen molar-refractivity contribution in [2.45, 2.75) is 9.79 Å². The summed E-state index contributed by atoms with van der Waals surface area (Å²) in [5.74, 6) is -1.95. The van der Waals surface area contributed by atoms with E-state index in [1.807, 2.05) is 0 Å². The van der Waals surface area contributed by atoms with Crippen LogP contribution in [0, 0.1) is 31.9 Å². The Morgan fingerprint density at radius 2 is 1.19 bits per heavy atom. The highest BCUT2D eigenvalue weighted by Gasteiger charge is 2.17. The highest BCUT2D eigenvalue weighted by Crippen LogP contribution is 2.33. The number of nitrogens with zero attached hydrogens (tertiary/aromatic N) is 2. The van der Waals surface area contributed by atoms with Crippen LogP contribution in [0.15, 0.2) is 46.2 Å². The van der Waals surface area contributed by atoms with Gasteiger partial charge in [0.2, 0.25) is 11.6 Å². The summed E-state index contributed by atoms with van der Waals surface area (Å²) in [6, 6.07) is 6.46. The number of nitro groups is 2. The minimum absolute atomic E-state index is 0.309. The SMILES string of the molecule is O=[N+]([O-])c1cc(Sc2ccc(F)c([N+](=O)[O-])c2)ccc1F. The van der Waals surface area contributed by atoms with Gasteiger partial charge in [0, 0.05) is 21.9 Å². The van der Waals surface area contributed by atoms with Crippen molar-refractivity contribution in [2.24, 2.45) is 0 Å². The lowest BCUT2D eigenvalue weighted by atomic mass is 10.3. The Hall–Kier alpha value is -2.55. The Bertz CT molecular complexity index is 678. The van der Waals surface area contributed by atoms with E-state index in [1.54, 1.807) is 0 Å². The van der Waals surface area contributed by atoms with E-state index in [2.05, 4.69) is 0 Å². The van der Waals surface area contributed by atoms with E-state index in [0.29, 0.717) is 9.79 Å². The molecule has 0 fully saturated rings. The summed E-state index contributed by atoms with van der Waals surface area (Å²) in [6.07, 6.45) is 0. The summed E-state index contributed by atoms with van der Waals surface area (Å²) < 4.78 is 26.4. The van der Waals surface area contributed by atoms with Gasteiger partial charge in [0.1, 0.15) is 0 Å². The molecule has 0 saturated heterocycles. The fourth-order valence-electron chi connectivity index (χ4n) is 1.53. The summed E-state index contributed by atoms with van der Waals surface area (Å²) in [6.45, 7) is 0. The first-order valence-electron chi connectivity index (χ1n) is 5.44. The molecule has 21 heavy (non-hydrogen) atoms. The molecule has 0 radical (unpaired) electrons. The smallest absolute Gasteiger partial charge is 0.258 e. The largest absolute Gasteiger partial charge is 0.305 e. The van der Waals surface area contributed by atoms with Gasteiger partial charge in [-0.2, -0.15) is 8.78 Å². The molecule has 0 amide bonds. The molecule has 2 aromatic carbocycles. The molecule has 0 aromatic heterocycles. The summed E-state index contributed by atoms with van der Waals surface area (Å²) in [5, 5.41) is 21.3. The maximum Gasteiger partial charge on any atom is 0.305 e. The molecule has 2 rings (SSSR count). The van der Waals surface area contributed by atoms with Crippen molar-refractivity contribution >= 4 is 23.1 Å². The first-order valence-corrected chi connectivity index (χ1v) is 6.26. The van der Waals surface area contributed by atoms with Crippen LogP contribution in [0.25, 0.3) is 0 Å². The Morgan fingerprint density at radius 3 is 1.52 bits per heavy atom. The molecule has 0 heterocycles. The molecular weight excluding hydrogens is 306 g/mol. The van der Waals surface area contributed by atoms with Crippen LogP contribution in [0.3, 0.4) is 0 Å². The number of halogens is 2. The van der Waals surface area contributed by atoms with Crippen molar-refractivity contribution in [1.29, 1.82) is 0 Å². The van der Waals surface area contributed by atoms with Crippen LogP contribution in [0.1, 0.15) is 0 Å². The van der Waals surface area contributed by atoms with E-state index in [9.17, 15) is 29.0 Å². The number of benzene rings is 2. The monoisotopic (exact) mass is 312 g/mol. The Morgan fingerprint density at radius 1 is 0.810 bits per heavy atom. The maximum atomic E-state index is 13.2. The third-order valence-corrected chi connectivity index (χ3v) is 3.44. The minimum atomic E-state index is -0.977. The van der Waals surface area contributed by atoms with E-state index in [4.69, 9.17) is 0 Å². The number of nitro benzene ring substituents is 2. The highest BCUT2D eigenvalue weighted by atomic mass is 32.2. The van der Waals surface area contributed by atoms with Crippen molar-refractivity contribution in [3.63, 3.8) is 0 Å². The lowest BCUT2D eigenvalue weighted by Crippen LogP contribution is -1.93. The average molecular weight is 312 g/mol. The van der Waals surface area contributed by atoms with Crippen LogP contribution < -0.4 is 0 Å². The van der Waals surface area contributed by atoms with E-state index in [1.165, 1.54) is 12.1 Å². The molecule has 9 heteroatoms. The van der Waals surface area contributed by atoms with Gasteiger partial charge in [0.25, 0.3) is 0 Å². The van der Waals surface area contributed by atoms with Gasteiger partial charge in [-0.05, 0) is 24.3 Å². The average Bonchev–Trinajstić information content (AvgIpc) is 2.42. The molecule has 0 aliphatic heterocycles. The molecule has 0 spiro atoms. The van der Waals surface area contributed by atoms with Crippen LogP contribution in [-0.2, 0) is 0 Å². The summed E-state index contributed by atoms with van der Waals surface area (Å²) in [4.78, 5) is 20.1. The second-order valence-corrected chi connectivity index (χ2v) is 4.99. The molecule has 0 bridgehead atoms. The predicted octanol–water partition coefficient (Wildman–Crippen LogP) is 3.93. The van der Waals surface area contributed by atoms with Crippen molar-refractivity contribution < 1.29 is 18.6 Å². The van der Waals surface area contributed by atoms with Crippen molar-refractivity contribution in [3.8, 4) is 0 Å². The van der Waals surface area contributed by atoms with Crippen LogP contribution in [-0.4, -0.2) is 9.85 Å². The molecule has 0 unspecified atom stereocenters. The summed E-state index contributed by atoms with van der Waals surface area (Å²) >= 11 is 0.926. The van der Waals surface area contributed by atoms with Crippen LogP contribution in [0.5, 0.6) is 0 Å². The molecule has 0 saturated carbocycles. The summed E-state index contributed by atoms with van der Waals surface area (Å²) in [7, 11) is 0. The lowest BCUT2D eigenvalue weighted by molar-refractivity contribution is -0.387. The van der Waals surface area contributed by atoms with Gasteiger partial charge < -0.3 is 0 Å². The third kappa shape index (κ3) is 3.31. The molecule has 0 atom stereocenters. The molecule has 2 aromatic rings. The zero-order valence-electron chi connectivity index (χ0n) is 10.2. The minimum Gasteiger partial charge on any atom is -0.258 e. The lowest BCUT2D eigenvalue weighted by Gasteiger charge is -2.03. The van der Waals surface area contributed by atoms with Gasteiger partial charge >= 0.3 is 11.4 Å². The topological polar surface area (TPSA) is 86.3 Å². The van der Waals surface area contributed by atoms with E-state index >= 15 is 0 Å². The second kappa shape index (κ2) is 5.83. The zero-order chi connectivity index (χ0) is 15.6. The van der Waals surface area contributed by atoms with Crippen molar-refractivity contribution in [2.75, 3.05) is 0 Å². The first kappa shape index (κ1) is 14.9. The highest BCUT2D eigenvalue weighted by molar-refractivity contribution is 7.99. The molecule has 0 aliphatic carbocycles. The van der Waals surface area contributed by atoms with Crippen molar-refractivity contribution in [3.05, 3.63) is 68.3 Å². The van der Waals surface area contributed by atoms with Gasteiger partial charge in [-0.25, -0.2) is 0 Å². The Kier molecular flexibility index (Phi) is 4.13. The van der Waals surface area contributed by atoms with Crippen molar-refractivity contribution in [1.82, 2.24) is 0 Å². The fraction of sp³-hybridized carbons (Fsp3) is 0. The number of rotatable bonds is 4. The fourth-order valence-corrected chi connectivity index (χ4v) is 2.41. The Balaban J connectivity index is 2.34. The first-order chi connectivity index (χ1) is 9.88. The number of hydrogen-bond acceptors (Lipinski definition) is 5. The second-order valence-electron chi connectivity index (χ2n) is 3.84. The molecule has 0 aliphatic rings. The molecular formula is C12H6F2N2O4S. The quantitative estimate of drug-likeness (QED) is 0.630. The van der Waals surface area contributed by atoms with E-state index in [-0.39, 0.29) is 0 Å². The van der Waals surface area contributed by atoms with Crippen LogP contribution in [0.4, 0.5) is 20.2 Å².